The molecule has 1 unspecified atom stereocenters. The number of aryl methyl sites for hydroxylation is 1. The van der Waals surface area contributed by atoms with E-state index in [4.69, 9.17) is 0 Å². The molecule has 21 heavy (non-hydrogen) atoms. The van der Waals surface area contributed by atoms with Gasteiger partial charge in [0.15, 0.2) is 0 Å². The molecule has 0 spiro atoms. The number of methoxy groups -OCH3 is 1. The van der Waals surface area contributed by atoms with E-state index in [-0.39, 0.29) is 11.9 Å². The van der Waals surface area contributed by atoms with Gasteiger partial charge in [0.1, 0.15) is 0 Å². The van der Waals surface area contributed by atoms with Crippen molar-refractivity contribution >= 4 is 23.6 Å². The Balaban J connectivity index is 1.81. The lowest BCUT2D eigenvalue weighted by atomic mass is 10.1. The molecule has 2 rings (SSSR count). The molecule has 0 bridgehead atoms. The third-order valence-corrected chi connectivity index (χ3v) is 4.86. The number of ether oxygens (including phenoxy) is 1. The van der Waals surface area contributed by atoms with Crippen LogP contribution in [0.15, 0.2) is 24.3 Å². The summed E-state index contributed by atoms with van der Waals surface area (Å²) in [6.07, 6.45) is 1.40. The lowest BCUT2D eigenvalue weighted by Gasteiger charge is -2.16. The Morgan fingerprint density at radius 3 is 2.95 bits per heavy atom. The first-order valence-electron chi connectivity index (χ1n) is 7.10. The SMILES string of the molecule is COC(=O)CSC1CCN(C(=O)Cc2cccc(C)c2)C1. The number of thioether (sulfide) groups is 1. The normalized spacial score (nSPS) is 17.8. The predicted molar refractivity (Wildman–Crippen MR) is 84.3 cm³/mol. The Morgan fingerprint density at radius 2 is 2.24 bits per heavy atom. The molecule has 114 valence electrons. The topological polar surface area (TPSA) is 46.6 Å². The predicted octanol–water partition coefficient (Wildman–Crippen LogP) is 2.04. The summed E-state index contributed by atoms with van der Waals surface area (Å²) in [7, 11) is 1.40. The molecule has 1 aliphatic rings. The first kappa shape index (κ1) is 15.9. The van der Waals surface area contributed by atoms with Gasteiger partial charge in [0.05, 0.1) is 19.3 Å². The second-order valence-electron chi connectivity index (χ2n) is 5.30. The maximum absolute atomic E-state index is 12.3. The molecule has 1 fully saturated rings. The van der Waals surface area contributed by atoms with E-state index in [0.717, 1.165) is 25.1 Å². The van der Waals surface area contributed by atoms with Crippen molar-refractivity contribution in [2.75, 3.05) is 26.0 Å². The molecule has 1 saturated heterocycles. The van der Waals surface area contributed by atoms with E-state index in [2.05, 4.69) is 10.8 Å². The van der Waals surface area contributed by atoms with Gasteiger partial charge in [-0.25, -0.2) is 0 Å². The van der Waals surface area contributed by atoms with Crippen LogP contribution >= 0.6 is 11.8 Å². The quantitative estimate of drug-likeness (QED) is 0.781. The van der Waals surface area contributed by atoms with Crippen molar-refractivity contribution in [2.45, 2.75) is 25.0 Å². The molecule has 4 nitrogen and oxygen atoms in total. The van der Waals surface area contributed by atoms with Crippen molar-refractivity contribution in [3.8, 4) is 0 Å². The van der Waals surface area contributed by atoms with Crippen LogP contribution in [0, 0.1) is 6.92 Å². The van der Waals surface area contributed by atoms with Crippen molar-refractivity contribution < 1.29 is 14.3 Å². The van der Waals surface area contributed by atoms with Gasteiger partial charge in [-0.05, 0) is 18.9 Å². The smallest absolute Gasteiger partial charge is 0.315 e. The Bertz CT molecular complexity index is 518. The summed E-state index contributed by atoms with van der Waals surface area (Å²) in [4.78, 5) is 25.3. The monoisotopic (exact) mass is 307 g/mol. The van der Waals surface area contributed by atoms with E-state index >= 15 is 0 Å². The summed E-state index contributed by atoms with van der Waals surface area (Å²) >= 11 is 1.58. The minimum absolute atomic E-state index is 0.168. The number of amides is 1. The number of hydrogen-bond donors (Lipinski definition) is 0. The maximum atomic E-state index is 12.3. The fourth-order valence-electron chi connectivity index (χ4n) is 2.44. The molecule has 1 aliphatic heterocycles. The van der Waals surface area contributed by atoms with Crippen molar-refractivity contribution in [3.63, 3.8) is 0 Å². The lowest BCUT2D eigenvalue weighted by molar-refractivity contribution is -0.137. The van der Waals surface area contributed by atoms with Gasteiger partial charge in [-0.3, -0.25) is 9.59 Å². The van der Waals surface area contributed by atoms with E-state index in [0.29, 0.717) is 17.4 Å². The Morgan fingerprint density at radius 1 is 1.43 bits per heavy atom. The van der Waals surface area contributed by atoms with Crippen LogP contribution < -0.4 is 0 Å². The molecule has 0 aliphatic carbocycles. The molecule has 1 amide bonds. The molecule has 1 heterocycles. The number of benzene rings is 1. The van der Waals surface area contributed by atoms with Gasteiger partial charge in [-0.15, -0.1) is 11.8 Å². The van der Waals surface area contributed by atoms with Crippen molar-refractivity contribution in [2.24, 2.45) is 0 Å². The van der Waals surface area contributed by atoms with Crippen LogP contribution in [0.1, 0.15) is 17.5 Å². The molecule has 0 aromatic heterocycles. The average Bonchev–Trinajstić information content (AvgIpc) is 2.93. The fraction of sp³-hybridized carbons (Fsp3) is 0.500. The molecule has 0 saturated carbocycles. The van der Waals surface area contributed by atoms with E-state index in [9.17, 15) is 9.59 Å². The van der Waals surface area contributed by atoms with Crippen LogP contribution in [0.3, 0.4) is 0 Å². The van der Waals surface area contributed by atoms with Crippen LogP contribution in [-0.2, 0) is 20.7 Å². The zero-order valence-corrected chi connectivity index (χ0v) is 13.3. The zero-order valence-electron chi connectivity index (χ0n) is 12.5. The van der Waals surface area contributed by atoms with Gasteiger partial charge in [-0.1, -0.05) is 29.8 Å². The van der Waals surface area contributed by atoms with Crippen LogP contribution in [-0.4, -0.2) is 48.0 Å². The number of carbonyl (C=O) groups is 2. The van der Waals surface area contributed by atoms with Gasteiger partial charge >= 0.3 is 5.97 Å². The highest BCUT2D eigenvalue weighted by molar-refractivity contribution is 8.00. The number of esters is 1. The van der Waals surface area contributed by atoms with Gasteiger partial charge in [0, 0.05) is 18.3 Å². The first-order chi connectivity index (χ1) is 10.1. The van der Waals surface area contributed by atoms with Gasteiger partial charge in [-0.2, -0.15) is 0 Å². The number of nitrogens with zero attached hydrogens (tertiary/aromatic N) is 1. The Labute approximate surface area is 129 Å². The number of carbonyl (C=O) groups excluding carboxylic acids is 2. The van der Waals surface area contributed by atoms with Gasteiger partial charge < -0.3 is 9.64 Å². The van der Waals surface area contributed by atoms with Crippen molar-refractivity contribution in [1.82, 2.24) is 4.90 Å². The average molecular weight is 307 g/mol. The molecule has 1 aromatic carbocycles. The Hall–Kier alpha value is -1.49. The van der Waals surface area contributed by atoms with Gasteiger partial charge in [0.25, 0.3) is 0 Å². The van der Waals surface area contributed by atoms with E-state index in [1.807, 2.05) is 30.0 Å². The van der Waals surface area contributed by atoms with Gasteiger partial charge in [0.2, 0.25) is 5.91 Å². The molecular formula is C16H21NO3S. The third kappa shape index (κ3) is 4.77. The van der Waals surface area contributed by atoms with E-state index in [1.165, 1.54) is 12.7 Å². The summed E-state index contributed by atoms with van der Waals surface area (Å²) in [5.74, 6) is 0.326. The van der Waals surface area contributed by atoms with Crippen molar-refractivity contribution in [1.29, 1.82) is 0 Å². The second kappa shape index (κ2) is 7.50. The minimum Gasteiger partial charge on any atom is -0.468 e. The van der Waals surface area contributed by atoms with Crippen LogP contribution in [0.2, 0.25) is 0 Å². The summed E-state index contributed by atoms with van der Waals surface area (Å²) < 4.78 is 4.63. The fourth-order valence-corrected chi connectivity index (χ4v) is 3.49. The van der Waals surface area contributed by atoms with Crippen molar-refractivity contribution in [3.05, 3.63) is 35.4 Å². The highest BCUT2D eigenvalue weighted by Crippen LogP contribution is 2.23. The zero-order chi connectivity index (χ0) is 15.2. The number of likely N-dealkylation sites (tertiary alicyclic amines) is 1. The molecule has 0 N–H and O–H groups in total. The highest BCUT2D eigenvalue weighted by Gasteiger charge is 2.26. The second-order valence-corrected chi connectivity index (χ2v) is 6.59. The minimum atomic E-state index is -0.204. The largest absolute Gasteiger partial charge is 0.468 e. The van der Waals surface area contributed by atoms with E-state index in [1.54, 1.807) is 11.8 Å². The van der Waals surface area contributed by atoms with E-state index < -0.39 is 0 Å². The number of hydrogen-bond acceptors (Lipinski definition) is 4. The maximum Gasteiger partial charge on any atom is 0.315 e. The van der Waals surface area contributed by atoms with Crippen LogP contribution in [0.5, 0.6) is 0 Å². The highest BCUT2D eigenvalue weighted by atomic mass is 32.2. The first-order valence-corrected chi connectivity index (χ1v) is 8.15. The summed E-state index contributed by atoms with van der Waals surface area (Å²) in [6.45, 7) is 3.54. The van der Waals surface area contributed by atoms with Crippen LogP contribution in [0.25, 0.3) is 0 Å². The Kier molecular flexibility index (Phi) is 5.67. The standard InChI is InChI=1S/C16H21NO3S/c1-12-4-3-5-13(8-12)9-15(18)17-7-6-14(10-17)21-11-16(19)20-2/h3-5,8,14H,6-7,9-11H2,1-2H3. The summed E-state index contributed by atoms with van der Waals surface area (Å²) in [5.41, 5.74) is 2.24. The molecular weight excluding hydrogens is 286 g/mol. The molecule has 5 heteroatoms. The summed E-state index contributed by atoms with van der Waals surface area (Å²) in [6, 6.07) is 8.06. The molecule has 0 radical (unpaired) electrons. The van der Waals surface area contributed by atoms with Crippen LogP contribution in [0.4, 0.5) is 0 Å². The summed E-state index contributed by atoms with van der Waals surface area (Å²) in [5, 5.41) is 0.338. The number of rotatable bonds is 5. The molecule has 1 atom stereocenters. The lowest BCUT2D eigenvalue weighted by Crippen LogP contribution is -2.30. The molecule has 1 aromatic rings. The third-order valence-electron chi connectivity index (χ3n) is 3.60.